The highest BCUT2D eigenvalue weighted by atomic mass is 32.1. The third-order valence-electron chi connectivity index (χ3n) is 4.19. The number of hydrogen-bond acceptors (Lipinski definition) is 4. The molecule has 3 heterocycles. The van der Waals surface area contributed by atoms with E-state index in [1.165, 1.54) is 28.7 Å². The van der Waals surface area contributed by atoms with Crippen molar-refractivity contribution < 1.29 is 0 Å². The molecule has 0 atom stereocenters. The molecule has 1 aliphatic rings. The van der Waals surface area contributed by atoms with Crippen molar-refractivity contribution in [1.82, 2.24) is 10.3 Å². The van der Waals surface area contributed by atoms with E-state index in [0.717, 1.165) is 25.6 Å². The molecule has 1 N–H and O–H groups in total. The van der Waals surface area contributed by atoms with Gasteiger partial charge in [-0.2, -0.15) is 0 Å². The molecular formula is C17H25N3S. The van der Waals surface area contributed by atoms with Crippen molar-refractivity contribution in [2.24, 2.45) is 5.92 Å². The molecule has 0 unspecified atom stereocenters. The Morgan fingerprint density at radius 2 is 2.05 bits per heavy atom. The SMILES string of the molecule is CC(C)(C)NCC1CCN(c2nccc3sccc23)CC1. The molecule has 0 amide bonds. The molecule has 0 saturated carbocycles. The van der Waals surface area contributed by atoms with Crippen LogP contribution in [0.2, 0.25) is 0 Å². The second-order valence-electron chi connectivity index (χ2n) is 7.03. The van der Waals surface area contributed by atoms with E-state index in [9.17, 15) is 0 Å². The van der Waals surface area contributed by atoms with Gasteiger partial charge in [-0.15, -0.1) is 11.3 Å². The van der Waals surface area contributed by atoms with Crippen LogP contribution < -0.4 is 10.2 Å². The molecular weight excluding hydrogens is 278 g/mol. The topological polar surface area (TPSA) is 28.2 Å². The molecule has 4 heteroatoms. The van der Waals surface area contributed by atoms with Crippen LogP contribution >= 0.6 is 11.3 Å². The van der Waals surface area contributed by atoms with Gasteiger partial charge < -0.3 is 10.2 Å². The van der Waals surface area contributed by atoms with Crippen molar-refractivity contribution >= 4 is 27.2 Å². The summed E-state index contributed by atoms with van der Waals surface area (Å²) in [4.78, 5) is 7.09. The minimum Gasteiger partial charge on any atom is -0.356 e. The molecule has 0 aliphatic carbocycles. The fraction of sp³-hybridized carbons (Fsp3) is 0.588. The number of nitrogens with zero attached hydrogens (tertiary/aromatic N) is 2. The van der Waals surface area contributed by atoms with E-state index in [4.69, 9.17) is 0 Å². The fourth-order valence-corrected chi connectivity index (χ4v) is 3.71. The lowest BCUT2D eigenvalue weighted by atomic mass is 9.95. The van der Waals surface area contributed by atoms with Crippen LogP contribution in [0, 0.1) is 5.92 Å². The lowest BCUT2D eigenvalue weighted by molar-refractivity contribution is 0.328. The minimum absolute atomic E-state index is 0.223. The number of aromatic nitrogens is 1. The van der Waals surface area contributed by atoms with Gasteiger partial charge in [-0.3, -0.25) is 0 Å². The van der Waals surface area contributed by atoms with E-state index < -0.39 is 0 Å². The first-order valence-corrected chi connectivity index (χ1v) is 8.73. The predicted octanol–water partition coefficient (Wildman–Crippen LogP) is 3.90. The van der Waals surface area contributed by atoms with E-state index in [1.807, 2.05) is 6.20 Å². The predicted molar refractivity (Wildman–Crippen MR) is 92.3 cm³/mol. The summed E-state index contributed by atoms with van der Waals surface area (Å²) in [5, 5.41) is 7.12. The first-order valence-electron chi connectivity index (χ1n) is 7.85. The molecule has 0 aromatic carbocycles. The van der Waals surface area contributed by atoms with Gasteiger partial charge in [0.25, 0.3) is 0 Å². The van der Waals surface area contributed by atoms with E-state index in [0.29, 0.717) is 0 Å². The van der Waals surface area contributed by atoms with Gasteiger partial charge in [0, 0.05) is 34.9 Å². The van der Waals surface area contributed by atoms with Crippen LogP contribution in [-0.4, -0.2) is 30.2 Å². The summed E-state index contributed by atoms with van der Waals surface area (Å²) < 4.78 is 1.34. The zero-order chi connectivity index (χ0) is 14.9. The highest BCUT2D eigenvalue weighted by Crippen LogP contribution is 2.30. The number of thiophene rings is 1. The summed E-state index contributed by atoms with van der Waals surface area (Å²) in [5.74, 6) is 1.97. The van der Waals surface area contributed by atoms with Gasteiger partial charge in [-0.05, 0) is 63.6 Å². The molecule has 21 heavy (non-hydrogen) atoms. The smallest absolute Gasteiger partial charge is 0.137 e. The van der Waals surface area contributed by atoms with Gasteiger partial charge >= 0.3 is 0 Å². The lowest BCUT2D eigenvalue weighted by Gasteiger charge is -2.34. The van der Waals surface area contributed by atoms with Crippen LogP contribution in [0.5, 0.6) is 0 Å². The summed E-state index contributed by atoms with van der Waals surface area (Å²) in [7, 11) is 0. The summed E-state index contributed by atoms with van der Waals surface area (Å²) in [5.41, 5.74) is 0.223. The fourth-order valence-electron chi connectivity index (χ4n) is 2.93. The number of fused-ring (bicyclic) bond motifs is 1. The number of piperidine rings is 1. The molecule has 2 aromatic rings. The summed E-state index contributed by atoms with van der Waals surface area (Å²) in [6, 6.07) is 4.32. The van der Waals surface area contributed by atoms with Crippen LogP contribution in [0.3, 0.4) is 0 Å². The summed E-state index contributed by atoms with van der Waals surface area (Å²) >= 11 is 1.80. The first-order chi connectivity index (χ1) is 10.0. The second kappa shape index (κ2) is 5.93. The van der Waals surface area contributed by atoms with Crippen molar-refractivity contribution in [3.05, 3.63) is 23.7 Å². The van der Waals surface area contributed by atoms with Gasteiger partial charge in [-0.1, -0.05) is 0 Å². The summed E-state index contributed by atoms with van der Waals surface area (Å²) in [6.07, 6.45) is 4.46. The van der Waals surface area contributed by atoms with Crippen LogP contribution in [0.15, 0.2) is 23.7 Å². The van der Waals surface area contributed by atoms with E-state index in [2.05, 4.69) is 53.5 Å². The van der Waals surface area contributed by atoms with Crippen LogP contribution in [0.1, 0.15) is 33.6 Å². The number of rotatable bonds is 3. The van der Waals surface area contributed by atoms with Gasteiger partial charge in [0.2, 0.25) is 0 Å². The number of hydrogen-bond donors (Lipinski definition) is 1. The molecule has 0 bridgehead atoms. The number of anilines is 1. The highest BCUT2D eigenvalue weighted by Gasteiger charge is 2.22. The molecule has 0 radical (unpaired) electrons. The van der Waals surface area contributed by atoms with Crippen LogP contribution in [0.25, 0.3) is 10.1 Å². The van der Waals surface area contributed by atoms with E-state index in [-0.39, 0.29) is 5.54 Å². The molecule has 1 aliphatic heterocycles. The van der Waals surface area contributed by atoms with Gasteiger partial charge in [0.05, 0.1) is 0 Å². The Hall–Kier alpha value is -1.13. The van der Waals surface area contributed by atoms with Crippen LogP contribution in [0.4, 0.5) is 5.82 Å². The molecule has 114 valence electrons. The normalized spacial score (nSPS) is 17.6. The molecule has 3 rings (SSSR count). The second-order valence-corrected chi connectivity index (χ2v) is 7.98. The average Bonchev–Trinajstić information content (AvgIpc) is 2.93. The Balaban J connectivity index is 1.62. The van der Waals surface area contributed by atoms with Crippen LogP contribution in [-0.2, 0) is 0 Å². The number of nitrogens with one attached hydrogen (secondary N) is 1. The Kier molecular flexibility index (Phi) is 4.18. The highest BCUT2D eigenvalue weighted by molar-refractivity contribution is 7.17. The molecule has 1 fully saturated rings. The molecule has 3 nitrogen and oxygen atoms in total. The third kappa shape index (κ3) is 3.55. The van der Waals surface area contributed by atoms with E-state index >= 15 is 0 Å². The van der Waals surface area contributed by atoms with Gasteiger partial charge in [-0.25, -0.2) is 4.98 Å². The molecule has 1 saturated heterocycles. The average molecular weight is 303 g/mol. The molecule has 0 spiro atoms. The first kappa shape index (κ1) is 14.8. The van der Waals surface area contributed by atoms with Crippen molar-refractivity contribution in [2.45, 2.75) is 39.2 Å². The maximum atomic E-state index is 4.63. The molecule has 2 aromatic heterocycles. The van der Waals surface area contributed by atoms with Crippen molar-refractivity contribution in [1.29, 1.82) is 0 Å². The van der Waals surface area contributed by atoms with E-state index in [1.54, 1.807) is 11.3 Å². The largest absolute Gasteiger partial charge is 0.356 e. The lowest BCUT2D eigenvalue weighted by Crippen LogP contribution is -2.43. The maximum Gasteiger partial charge on any atom is 0.137 e. The van der Waals surface area contributed by atoms with Gasteiger partial charge in [0.15, 0.2) is 0 Å². The van der Waals surface area contributed by atoms with Crippen molar-refractivity contribution in [3.8, 4) is 0 Å². The quantitative estimate of drug-likeness (QED) is 0.932. The maximum absolute atomic E-state index is 4.63. The third-order valence-corrected chi connectivity index (χ3v) is 5.08. The standard InChI is InChI=1S/C17H25N3S/c1-17(2,3)19-12-13-5-9-20(10-6-13)16-14-7-11-21-15(14)4-8-18-16/h4,7-8,11,13,19H,5-6,9-10,12H2,1-3H3. The minimum atomic E-state index is 0.223. The number of pyridine rings is 1. The zero-order valence-electron chi connectivity index (χ0n) is 13.2. The zero-order valence-corrected chi connectivity index (χ0v) is 14.0. The Morgan fingerprint density at radius 3 is 2.76 bits per heavy atom. The summed E-state index contributed by atoms with van der Waals surface area (Å²) in [6.45, 7) is 10.1. The monoisotopic (exact) mass is 303 g/mol. The van der Waals surface area contributed by atoms with Crippen molar-refractivity contribution in [3.63, 3.8) is 0 Å². The Labute approximate surface area is 131 Å². The Morgan fingerprint density at radius 1 is 1.29 bits per heavy atom. The van der Waals surface area contributed by atoms with Crippen molar-refractivity contribution in [2.75, 3.05) is 24.5 Å². The Bertz CT molecular complexity index is 591. The van der Waals surface area contributed by atoms with Gasteiger partial charge in [0.1, 0.15) is 5.82 Å².